The Bertz CT molecular complexity index is 242. The van der Waals surface area contributed by atoms with Crippen LogP contribution in [0.25, 0.3) is 0 Å². The highest BCUT2D eigenvalue weighted by atomic mass is 16.3. The Balaban J connectivity index is 2.63. The molecule has 14 heavy (non-hydrogen) atoms. The molecule has 1 aliphatic rings. The quantitative estimate of drug-likeness (QED) is 0.427. The van der Waals surface area contributed by atoms with Crippen molar-refractivity contribution in [2.45, 2.75) is 38.0 Å². The molecule has 0 amide bonds. The maximum Gasteiger partial charge on any atom is 0.137 e. The summed E-state index contributed by atoms with van der Waals surface area (Å²) in [5.74, 6) is 0. The number of hydrogen-bond donors (Lipinski definition) is 3. The van der Waals surface area contributed by atoms with Crippen LogP contribution in [0.2, 0.25) is 0 Å². The molecule has 0 aromatic carbocycles. The van der Waals surface area contributed by atoms with E-state index in [1.54, 1.807) is 13.8 Å². The Labute approximate surface area is 83.6 Å². The monoisotopic (exact) mass is 199 g/mol. The van der Waals surface area contributed by atoms with Crippen LogP contribution in [0.5, 0.6) is 0 Å². The van der Waals surface area contributed by atoms with Gasteiger partial charge < -0.3 is 20.3 Å². The highest BCUT2D eigenvalue weighted by molar-refractivity contribution is 5.58. The van der Waals surface area contributed by atoms with Crippen molar-refractivity contribution >= 4 is 6.29 Å². The van der Waals surface area contributed by atoms with Crippen LogP contribution in [-0.2, 0) is 4.79 Å². The van der Waals surface area contributed by atoms with E-state index in [0.29, 0.717) is 13.0 Å². The van der Waals surface area contributed by atoms with E-state index in [1.165, 1.54) is 0 Å². The van der Waals surface area contributed by atoms with Crippen LogP contribution >= 0.6 is 0 Å². The second kappa shape index (κ2) is 4.21. The molecule has 0 radical (unpaired) electrons. The minimum Gasteiger partial charge on any atom is -0.387 e. The van der Waals surface area contributed by atoms with Gasteiger partial charge in [0, 0.05) is 6.54 Å². The van der Waals surface area contributed by atoms with Gasteiger partial charge >= 0.3 is 0 Å². The third kappa shape index (κ3) is 2.64. The molecule has 1 rings (SSSR count). The predicted molar refractivity (Wildman–Crippen MR) is 52.9 cm³/mol. The smallest absolute Gasteiger partial charge is 0.137 e. The topological polar surface area (TPSA) is 69.6 Å². The predicted octanol–water partition coefficient (Wildman–Crippen LogP) is -0.395. The lowest BCUT2D eigenvalue weighted by Gasteiger charge is -2.30. The Morgan fingerprint density at radius 3 is 2.71 bits per heavy atom. The van der Waals surface area contributed by atoms with Gasteiger partial charge in [-0.2, -0.15) is 0 Å². The Hall–Kier alpha value is -0.710. The van der Waals surface area contributed by atoms with Crippen LogP contribution < -0.4 is 5.32 Å². The molecular weight excluding hydrogens is 182 g/mol. The van der Waals surface area contributed by atoms with Crippen molar-refractivity contribution in [1.82, 2.24) is 5.32 Å². The highest BCUT2D eigenvalue weighted by Crippen LogP contribution is 2.19. The average Bonchev–Trinajstić information content (AvgIpc) is 2.15. The van der Waals surface area contributed by atoms with Crippen molar-refractivity contribution in [3.05, 3.63) is 11.6 Å². The average molecular weight is 199 g/mol. The van der Waals surface area contributed by atoms with Crippen LogP contribution in [0.3, 0.4) is 0 Å². The molecular formula is C10H17NO3. The van der Waals surface area contributed by atoms with Crippen molar-refractivity contribution in [1.29, 1.82) is 0 Å². The molecule has 0 saturated carbocycles. The minimum atomic E-state index is -1.14. The first kappa shape index (κ1) is 11.4. The zero-order chi connectivity index (χ0) is 10.8. The number of rotatable bonds is 3. The zero-order valence-corrected chi connectivity index (χ0v) is 8.53. The molecule has 0 fully saturated rings. The fraction of sp³-hybridized carbons (Fsp3) is 0.700. The zero-order valence-electron chi connectivity index (χ0n) is 8.53. The molecule has 3 N–H and O–H groups in total. The van der Waals surface area contributed by atoms with E-state index < -0.39 is 11.7 Å². The van der Waals surface area contributed by atoms with E-state index >= 15 is 0 Å². The summed E-state index contributed by atoms with van der Waals surface area (Å²) in [5.41, 5.74) is -0.391. The van der Waals surface area contributed by atoms with Crippen LogP contribution in [-0.4, -0.2) is 40.8 Å². The van der Waals surface area contributed by atoms with E-state index in [1.807, 2.05) is 6.08 Å². The number of aliphatic hydroxyl groups is 2. The summed E-state index contributed by atoms with van der Waals surface area (Å²) in [5, 5.41) is 22.3. The molecule has 2 unspecified atom stereocenters. The normalized spacial score (nSPS) is 25.4. The van der Waals surface area contributed by atoms with E-state index in [-0.39, 0.29) is 6.04 Å². The third-order valence-electron chi connectivity index (χ3n) is 2.39. The lowest BCUT2D eigenvalue weighted by atomic mass is 9.91. The Kier molecular flexibility index (Phi) is 3.42. The summed E-state index contributed by atoms with van der Waals surface area (Å²) in [6, 6.07) is -0.159. The van der Waals surface area contributed by atoms with E-state index in [4.69, 9.17) is 0 Å². The number of carbonyl (C=O) groups is 1. The second-order valence-corrected chi connectivity index (χ2v) is 4.19. The van der Waals surface area contributed by atoms with Crippen molar-refractivity contribution < 1.29 is 15.0 Å². The maximum atomic E-state index is 10.4. The largest absolute Gasteiger partial charge is 0.387 e. The van der Waals surface area contributed by atoms with Gasteiger partial charge in [-0.25, -0.2) is 0 Å². The van der Waals surface area contributed by atoms with Crippen LogP contribution in [0.4, 0.5) is 0 Å². The van der Waals surface area contributed by atoms with Gasteiger partial charge in [-0.1, -0.05) is 6.08 Å². The lowest BCUT2D eigenvalue weighted by molar-refractivity contribution is -0.109. The van der Waals surface area contributed by atoms with Crippen molar-refractivity contribution in [2.75, 3.05) is 6.54 Å². The van der Waals surface area contributed by atoms with Crippen LogP contribution in [0, 0.1) is 0 Å². The van der Waals surface area contributed by atoms with Crippen molar-refractivity contribution in [3.63, 3.8) is 0 Å². The van der Waals surface area contributed by atoms with Crippen molar-refractivity contribution in [2.24, 2.45) is 0 Å². The van der Waals surface area contributed by atoms with E-state index in [9.17, 15) is 15.0 Å². The van der Waals surface area contributed by atoms with Crippen molar-refractivity contribution in [3.8, 4) is 0 Å². The fourth-order valence-electron chi connectivity index (χ4n) is 1.45. The molecule has 0 spiro atoms. The molecule has 1 aliphatic heterocycles. The fourth-order valence-corrected chi connectivity index (χ4v) is 1.45. The lowest BCUT2D eigenvalue weighted by Crippen LogP contribution is -2.44. The number of aldehydes is 1. The standard InChI is InChI=1S/C10H17NO3/c1-10(2,14)9(13)7-3-4-8(6-12)11-5-7/h3,6,8-9,11,13-14H,4-5H2,1-2H3. The summed E-state index contributed by atoms with van der Waals surface area (Å²) in [7, 11) is 0. The molecule has 80 valence electrons. The summed E-state index contributed by atoms with van der Waals surface area (Å²) >= 11 is 0. The van der Waals surface area contributed by atoms with Gasteiger partial charge in [-0.15, -0.1) is 0 Å². The van der Waals surface area contributed by atoms with E-state index in [0.717, 1.165) is 11.9 Å². The SMILES string of the molecule is CC(C)(O)C(O)C1=CCC(C=O)NC1. The summed E-state index contributed by atoms with van der Waals surface area (Å²) in [6.45, 7) is 3.57. The van der Waals surface area contributed by atoms with Crippen LogP contribution in [0.1, 0.15) is 20.3 Å². The van der Waals surface area contributed by atoms with E-state index in [2.05, 4.69) is 5.32 Å². The van der Waals surface area contributed by atoms with Gasteiger partial charge in [0.25, 0.3) is 0 Å². The maximum absolute atomic E-state index is 10.4. The molecule has 0 saturated heterocycles. The molecule has 0 aromatic rings. The Morgan fingerprint density at radius 1 is 1.71 bits per heavy atom. The summed E-state index contributed by atoms with van der Waals surface area (Å²) < 4.78 is 0. The summed E-state index contributed by atoms with van der Waals surface area (Å²) in [4.78, 5) is 10.4. The van der Waals surface area contributed by atoms with Gasteiger partial charge in [0.2, 0.25) is 0 Å². The second-order valence-electron chi connectivity index (χ2n) is 4.19. The molecule has 1 heterocycles. The molecule has 0 bridgehead atoms. The molecule has 2 atom stereocenters. The first-order valence-corrected chi connectivity index (χ1v) is 4.73. The Morgan fingerprint density at radius 2 is 2.36 bits per heavy atom. The molecule has 4 nitrogen and oxygen atoms in total. The molecule has 4 heteroatoms. The van der Waals surface area contributed by atoms with Gasteiger partial charge in [-0.3, -0.25) is 0 Å². The first-order valence-electron chi connectivity index (χ1n) is 4.73. The molecule has 0 aromatic heterocycles. The number of aliphatic hydroxyl groups excluding tert-OH is 1. The number of hydrogen-bond acceptors (Lipinski definition) is 4. The first-order chi connectivity index (χ1) is 6.45. The number of nitrogens with one attached hydrogen (secondary N) is 1. The molecule has 0 aliphatic carbocycles. The number of carbonyl (C=O) groups excluding carboxylic acids is 1. The third-order valence-corrected chi connectivity index (χ3v) is 2.39. The van der Waals surface area contributed by atoms with Gasteiger partial charge in [0.15, 0.2) is 0 Å². The highest BCUT2D eigenvalue weighted by Gasteiger charge is 2.29. The van der Waals surface area contributed by atoms with Gasteiger partial charge in [-0.05, 0) is 25.8 Å². The van der Waals surface area contributed by atoms with Gasteiger partial charge in [0.05, 0.1) is 11.6 Å². The minimum absolute atomic E-state index is 0.159. The summed E-state index contributed by atoms with van der Waals surface area (Å²) in [6.07, 6.45) is 2.37. The van der Waals surface area contributed by atoms with Crippen LogP contribution in [0.15, 0.2) is 11.6 Å². The van der Waals surface area contributed by atoms with Gasteiger partial charge in [0.1, 0.15) is 12.4 Å².